The quantitative estimate of drug-likeness (QED) is 0.710. The standard InChI is InChI=1S/C14H19FN2O3/c15-14-12(19)2-1-11(16-14)13(20)7-17-5-8-3-10(18)4-9(8)6-17/h1-2,8-10,13,18-20H,3-7H2/t8-,9+,10?,13?. The van der Waals surface area contributed by atoms with Crippen LogP contribution in [0.2, 0.25) is 0 Å². The van der Waals surface area contributed by atoms with E-state index in [4.69, 9.17) is 5.11 Å². The van der Waals surface area contributed by atoms with Gasteiger partial charge in [0.1, 0.15) is 6.10 Å². The van der Waals surface area contributed by atoms with Crippen molar-refractivity contribution in [1.82, 2.24) is 9.88 Å². The highest BCUT2D eigenvalue weighted by atomic mass is 19.1. The Morgan fingerprint density at radius 2 is 1.95 bits per heavy atom. The number of nitrogens with zero attached hydrogens (tertiary/aromatic N) is 2. The molecule has 2 heterocycles. The molecule has 110 valence electrons. The lowest BCUT2D eigenvalue weighted by atomic mass is 10.0. The fraction of sp³-hybridized carbons (Fsp3) is 0.643. The van der Waals surface area contributed by atoms with E-state index >= 15 is 0 Å². The van der Waals surface area contributed by atoms with Crippen LogP contribution in [-0.4, -0.2) is 50.9 Å². The Morgan fingerprint density at radius 1 is 1.30 bits per heavy atom. The van der Waals surface area contributed by atoms with Crippen LogP contribution in [0.4, 0.5) is 4.39 Å². The fourth-order valence-corrected chi connectivity index (χ4v) is 3.48. The van der Waals surface area contributed by atoms with Gasteiger partial charge in [-0.1, -0.05) is 0 Å². The van der Waals surface area contributed by atoms with Gasteiger partial charge in [-0.25, -0.2) is 4.98 Å². The van der Waals surface area contributed by atoms with Crippen LogP contribution in [0.3, 0.4) is 0 Å². The molecule has 0 amide bonds. The van der Waals surface area contributed by atoms with Crippen molar-refractivity contribution in [1.29, 1.82) is 0 Å². The van der Waals surface area contributed by atoms with Crippen molar-refractivity contribution in [2.75, 3.05) is 19.6 Å². The second-order valence-electron chi connectivity index (χ2n) is 5.93. The lowest BCUT2D eigenvalue weighted by molar-refractivity contribution is 0.109. The van der Waals surface area contributed by atoms with Crippen LogP contribution in [0.5, 0.6) is 5.75 Å². The average molecular weight is 282 g/mol. The highest BCUT2D eigenvalue weighted by Crippen LogP contribution is 2.38. The van der Waals surface area contributed by atoms with Gasteiger partial charge in [-0.15, -0.1) is 0 Å². The number of hydrogen-bond acceptors (Lipinski definition) is 5. The first-order valence-electron chi connectivity index (χ1n) is 6.97. The number of hydrogen-bond donors (Lipinski definition) is 3. The molecule has 1 aromatic heterocycles. The van der Waals surface area contributed by atoms with Gasteiger partial charge in [0, 0.05) is 19.6 Å². The monoisotopic (exact) mass is 282 g/mol. The number of aliphatic hydroxyl groups excluding tert-OH is 2. The lowest BCUT2D eigenvalue weighted by Gasteiger charge is -2.21. The minimum absolute atomic E-state index is 0.176. The predicted molar refractivity (Wildman–Crippen MR) is 69.5 cm³/mol. The van der Waals surface area contributed by atoms with Gasteiger partial charge in [0.15, 0.2) is 5.75 Å². The summed E-state index contributed by atoms with van der Waals surface area (Å²) in [6.07, 6.45) is 0.631. The zero-order valence-corrected chi connectivity index (χ0v) is 11.1. The molecule has 1 saturated heterocycles. The first-order chi connectivity index (χ1) is 9.52. The maximum absolute atomic E-state index is 13.2. The van der Waals surface area contributed by atoms with Crippen LogP contribution in [0.25, 0.3) is 0 Å². The molecular formula is C14H19FN2O3. The number of rotatable bonds is 3. The number of fused-ring (bicyclic) bond motifs is 1. The smallest absolute Gasteiger partial charge is 0.255 e. The van der Waals surface area contributed by atoms with E-state index in [9.17, 15) is 14.6 Å². The van der Waals surface area contributed by atoms with Crippen LogP contribution in [-0.2, 0) is 0 Å². The van der Waals surface area contributed by atoms with Gasteiger partial charge in [-0.2, -0.15) is 4.39 Å². The topological polar surface area (TPSA) is 76.8 Å². The first-order valence-corrected chi connectivity index (χ1v) is 6.97. The van der Waals surface area contributed by atoms with Gasteiger partial charge in [0.05, 0.1) is 11.8 Å². The van der Waals surface area contributed by atoms with Crippen LogP contribution in [0.1, 0.15) is 24.6 Å². The largest absolute Gasteiger partial charge is 0.504 e. The Labute approximate surface area is 116 Å². The van der Waals surface area contributed by atoms with Crippen molar-refractivity contribution in [2.45, 2.75) is 25.0 Å². The molecule has 0 spiro atoms. The Kier molecular flexibility index (Phi) is 3.62. The van der Waals surface area contributed by atoms with Crippen molar-refractivity contribution in [3.63, 3.8) is 0 Å². The van der Waals surface area contributed by atoms with Crippen LogP contribution in [0, 0.1) is 17.8 Å². The summed E-state index contributed by atoms with van der Waals surface area (Å²) in [7, 11) is 0. The van der Waals surface area contributed by atoms with Crippen LogP contribution < -0.4 is 0 Å². The maximum Gasteiger partial charge on any atom is 0.255 e. The summed E-state index contributed by atoms with van der Waals surface area (Å²) in [6, 6.07) is 2.64. The molecule has 2 unspecified atom stereocenters. The molecule has 1 aliphatic carbocycles. The van der Waals surface area contributed by atoms with Crippen molar-refractivity contribution < 1.29 is 19.7 Å². The molecular weight excluding hydrogens is 263 g/mol. The molecule has 0 bridgehead atoms. The van der Waals surface area contributed by atoms with E-state index in [0.29, 0.717) is 18.4 Å². The second kappa shape index (κ2) is 5.27. The molecule has 0 aromatic carbocycles. The van der Waals surface area contributed by atoms with E-state index < -0.39 is 17.8 Å². The molecule has 5 nitrogen and oxygen atoms in total. The molecule has 1 aliphatic heterocycles. The Bertz CT molecular complexity index is 485. The van der Waals surface area contributed by atoms with Gasteiger partial charge in [-0.05, 0) is 36.8 Å². The van der Waals surface area contributed by atoms with Crippen molar-refractivity contribution >= 4 is 0 Å². The maximum atomic E-state index is 13.2. The van der Waals surface area contributed by atoms with Gasteiger partial charge in [0.25, 0.3) is 5.95 Å². The van der Waals surface area contributed by atoms with Gasteiger partial charge in [0.2, 0.25) is 0 Å². The Balaban J connectivity index is 1.60. The normalized spacial score (nSPS) is 31.4. The molecule has 4 atom stereocenters. The van der Waals surface area contributed by atoms with Crippen molar-refractivity contribution in [3.05, 3.63) is 23.8 Å². The van der Waals surface area contributed by atoms with Crippen LogP contribution in [0.15, 0.2) is 12.1 Å². The third kappa shape index (κ3) is 2.63. The number of halogens is 1. The molecule has 2 aliphatic rings. The molecule has 3 N–H and O–H groups in total. The number of aliphatic hydroxyl groups is 2. The number of pyridine rings is 1. The minimum atomic E-state index is -0.956. The van der Waals surface area contributed by atoms with Crippen LogP contribution >= 0.6 is 0 Å². The fourth-order valence-electron chi connectivity index (χ4n) is 3.48. The zero-order chi connectivity index (χ0) is 14.3. The number of aromatic nitrogens is 1. The number of likely N-dealkylation sites (tertiary alicyclic amines) is 1. The predicted octanol–water partition coefficient (Wildman–Crippen LogP) is 0.662. The zero-order valence-electron chi connectivity index (χ0n) is 11.1. The molecule has 3 rings (SSSR count). The van der Waals surface area contributed by atoms with E-state index in [1.165, 1.54) is 12.1 Å². The summed E-state index contributed by atoms with van der Waals surface area (Å²) in [4.78, 5) is 5.70. The molecule has 1 saturated carbocycles. The molecule has 0 radical (unpaired) electrons. The summed E-state index contributed by atoms with van der Waals surface area (Å²) in [6.45, 7) is 2.12. The number of aromatic hydroxyl groups is 1. The Morgan fingerprint density at radius 3 is 2.55 bits per heavy atom. The van der Waals surface area contributed by atoms with Crippen molar-refractivity contribution in [2.24, 2.45) is 11.8 Å². The summed E-state index contributed by atoms with van der Waals surface area (Å²) in [5, 5.41) is 28.8. The minimum Gasteiger partial charge on any atom is -0.504 e. The van der Waals surface area contributed by atoms with Gasteiger partial charge >= 0.3 is 0 Å². The van der Waals surface area contributed by atoms with E-state index in [-0.39, 0.29) is 11.8 Å². The van der Waals surface area contributed by atoms with E-state index in [1.807, 2.05) is 0 Å². The molecule has 1 aromatic rings. The third-order valence-corrected chi connectivity index (χ3v) is 4.42. The first kappa shape index (κ1) is 13.7. The average Bonchev–Trinajstić information content (AvgIpc) is 2.89. The molecule has 20 heavy (non-hydrogen) atoms. The summed E-state index contributed by atoms with van der Waals surface area (Å²) < 4.78 is 13.2. The van der Waals surface area contributed by atoms with Crippen molar-refractivity contribution in [3.8, 4) is 5.75 Å². The Hall–Kier alpha value is -1.24. The summed E-state index contributed by atoms with van der Waals surface area (Å²) in [5.74, 6) is -0.461. The second-order valence-corrected chi connectivity index (χ2v) is 5.93. The highest BCUT2D eigenvalue weighted by Gasteiger charge is 2.40. The SMILES string of the molecule is Oc1ccc(C(O)CN2C[C@H]3CC(O)C[C@H]3C2)nc1F. The van der Waals surface area contributed by atoms with Gasteiger partial charge < -0.3 is 15.3 Å². The summed E-state index contributed by atoms with van der Waals surface area (Å²) in [5.41, 5.74) is 0.234. The summed E-state index contributed by atoms with van der Waals surface area (Å²) >= 11 is 0. The van der Waals surface area contributed by atoms with E-state index in [2.05, 4.69) is 9.88 Å². The van der Waals surface area contributed by atoms with E-state index in [0.717, 1.165) is 25.9 Å². The van der Waals surface area contributed by atoms with Gasteiger partial charge in [-0.3, -0.25) is 4.90 Å². The molecule has 6 heteroatoms. The lowest BCUT2D eigenvalue weighted by Crippen LogP contribution is -2.28. The third-order valence-electron chi connectivity index (χ3n) is 4.42. The molecule has 2 fully saturated rings. The highest BCUT2D eigenvalue weighted by molar-refractivity contribution is 5.21. The van der Waals surface area contributed by atoms with E-state index in [1.54, 1.807) is 0 Å². The number of β-amino-alcohol motifs (C(OH)–C–C–N with tert-alkyl or cyclic N) is 1.